The molecule has 0 bridgehead atoms. The molecule has 0 saturated carbocycles. The number of hydrogen-bond acceptors (Lipinski definition) is 1. The van der Waals surface area contributed by atoms with Crippen LogP contribution in [-0.4, -0.2) is 6.21 Å². The zero-order valence-corrected chi connectivity index (χ0v) is 6.67. The Labute approximate surface area is 66.8 Å². The van der Waals surface area contributed by atoms with Crippen molar-refractivity contribution in [2.45, 2.75) is 19.9 Å². The van der Waals surface area contributed by atoms with Crippen LogP contribution >= 0.6 is 0 Å². The van der Waals surface area contributed by atoms with E-state index in [1.807, 2.05) is 6.21 Å². The first-order valence-electron chi connectivity index (χ1n) is 3.93. The van der Waals surface area contributed by atoms with Crippen molar-refractivity contribution in [3.63, 3.8) is 0 Å². The molecule has 0 amide bonds. The molecule has 0 aliphatic carbocycles. The maximum absolute atomic E-state index is 4.22. The second kappa shape index (κ2) is 2.50. The molecule has 11 heavy (non-hydrogen) atoms. The number of benzene rings is 1. The first-order chi connectivity index (χ1) is 5.36. The number of rotatable bonds is 0. The second-order valence-corrected chi connectivity index (χ2v) is 3.00. The Bertz CT molecular complexity index is 300. The Kier molecular flexibility index (Phi) is 1.50. The molecule has 0 saturated heterocycles. The summed E-state index contributed by atoms with van der Waals surface area (Å²) in [5, 5.41) is 0. The minimum atomic E-state index is 0.871. The average molecular weight is 145 g/mol. The van der Waals surface area contributed by atoms with Gasteiger partial charge < -0.3 is 0 Å². The van der Waals surface area contributed by atoms with Gasteiger partial charge in [0.1, 0.15) is 0 Å². The predicted octanol–water partition coefficient (Wildman–Crippen LogP) is 2.12. The Morgan fingerprint density at radius 1 is 1.27 bits per heavy atom. The number of hydrogen-bond donors (Lipinski definition) is 0. The van der Waals surface area contributed by atoms with Crippen molar-refractivity contribution in [1.82, 2.24) is 0 Å². The van der Waals surface area contributed by atoms with E-state index in [1.54, 1.807) is 0 Å². The standard InChI is InChI=1S/C10H11N/c1-8-2-3-10-7-11-5-4-9(10)6-8/h2-3,5-6H,4,7H2,1H3. The molecule has 0 fully saturated rings. The topological polar surface area (TPSA) is 12.4 Å². The first-order valence-corrected chi connectivity index (χ1v) is 3.93. The maximum atomic E-state index is 4.22. The van der Waals surface area contributed by atoms with E-state index < -0.39 is 0 Å². The van der Waals surface area contributed by atoms with Crippen LogP contribution in [0.15, 0.2) is 23.2 Å². The van der Waals surface area contributed by atoms with Gasteiger partial charge in [0.25, 0.3) is 0 Å². The summed E-state index contributed by atoms with van der Waals surface area (Å²) >= 11 is 0. The largest absolute Gasteiger partial charge is 0.292 e. The van der Waals surface area contributed by atoms with Gasteiger partial charge in [0, 0.05) is 12.6 Å². The molecule has 0 unspecified atom stereocenters. The summed E-state index contributed by atoms with van der Waals surface area (Å²) in [7, 11) is 0. The van der Waals surface area contributed by atoms with Gasteiger partial charge in [-0.2, -0.15) is 0 Å². The van der Waals surface area contributed by atoms with E-state index >= 15 is 0 Å². The van der Waals surface area contributed by atoms with Crippen molar-refractivity contribution in [2.24, 2.45) is 4.99 Å². The molecular weight excluding hydrogens is 134 g/mol. The molecular formula is C10H11N. The minimum absolute atomic E-state index is 0.871. The maximum Gasteiger partial charge on any atom is 0.0638 e. The molecule has 1 aromatic carbocycles. The molecule has 0 atom stereocenters. The van der Waals surface area contributed by atoms with E-state index in [0.29, 0.717) is 0 Å². The van der Waals surface area contributed by atoms with Crippen molar-refractivity contribution >= 4 is 6.21 Å². The molecule has 2 rings (SSSR count). The van der Waals surface area contributed by atoms with E-state index in [-0.39, 0.29) is 0 Å². The molecule has 1 aliphatic rings. The number of nitrogens with zero attached hydrogens (tertiary/aromatic N) is 1. The van der Waals surface area contributed by atoms with E-state index in [2.05, 4.69) is 30.1 Å². The normalized spacial score (nSPS) is 14.6. The van der Waals surface area contributed by atoms with Crippen molar-refractivity contribution in [2.75, 3.05) is 0 Å². The Balaban J connectivity index is 2.48. The highest BCUT2D eigenvalue weighted by Crippen LogP contribution is 2.15. The molecule has 56 valence electrons. The van der Waals surface area contributed by atoms with Gasteiger partial charge in [0.05, 0.1) is 6.54 Å². The molecule has 0 N–H and O–H groups in total. The third-order valence-electron chi connectivity index (χ3n) is 2.06. The van der Waals surface area contributed by atoms with Gasteiger partial charge in [-0.05, 0) is 18.1 Å². The van der Waals surface area contributed by atoms with E-state index in [1.165, 1.54) is 16.7 Å². The van der Waals surface area contributed by atoms with Gasteiger partial charge in [-0.1, -0.05) is 23.8 Å². The van der Waals surface area contributed by atoms with Gasteiger partial charge in [0.2, 0.25) is 0 Å². The lowest BCUT2D eigenvalue weighted by Gasteiger charge is -2.10. The average Bonchev–Trinajstić information content (AvgIpc) is 2.04. The van der Waals surface area contributed by atoms with Crippen LogP contribution < -0.4 is 0 Å². The first kappa shape index (κ1) is 6.59. The van der Waals surface area contributed by atoms with Crippen molar-refractivity contribution in [3.8, 4) is 0 Å². The highest BCUT2D eigenvalue weighted by atomic mass is 14.7. The van der Waals surface area contributed by atoms with Crippen LogP contribution in [0.2, 0.25) is 0 Å². The van der Waals surface area contributed by atoms with E-state index in [4.69, 9.17) is 0 Å². The Morgan fingerprint density at radius 3 is 3.09 bits per heavy atom. The van der Waals surface area contributed by atoms with Gasteiger partial charge >= 0.3 is 0 Å². The van der Waals surface area contributed by atoms with Crippen LogP contribution in [0.4, 0.5) is 0 Å². The Hall–Kier alpha value is -1.11. The smallest absolute Gasteiger partial charge is 0.0638 e. The summed E-state index contributed by atoms with van der Waals surface area (Å²) < 4.78 is 0. The molecule has 1 aliphatic heterocycles. The molecule has 1 heteroatoms. The van der Waals surface area contributed by atoms with Crippen LogP contribution in [0, 0.1) is 6.92 Å². The zero-order chi connectivity index (χ0) is 7.68. The lowest BCUT2D eigenvalue weighted by Crippen LogP contribution is -2.00. The quantitative estimate of drug-likeness (QED) is 0.530. The molecule has 1 nitrogen and oxygen atoms in total. The number of fused-ring (bicyclic) bond motifs is 1. The van der Waals surface area contributed by atoms with Gasteiger partial charge in [-0.25, -0.2) is 0 Å². The van der Waals surface area contributed by atoms with Gasteiger partial charge in [0.15, 0.2) is 0 Å². The lowest BCUT2D eigenvalue weighted by atomic mass is 10.0. The van der Waals surface area contributed by atoms with Crippen LogP contribution in [-0.2, 0) is 13.0 Å². The highest BCUT2D eigenvalue weighted by Gasteiger charge is 2.03. The number of aryl methyl sites for hydroxylation is 1. The summed E-state index contributed by atoms with van der Waals surface area (Å²) in [5.74, 6) is 0. The third kappa shape index (κ3) is 1.18. The zero-order valence-electron chi connectivity index (χ0n) is 6.67. The number of aliphatic imine (C=N–C) groups is 1. The molecule has 0 radical (unpaired) electrons. The lowest BCUT2D eigenvalue weighted by molar-refractivity contribution is 1.00. The summed E-state index contributed by atoms with van der Waals surface area (Å²) in [4.78, 5) is 4.22. The van der Waals surface area contributed by atoms with Crippen LogP contribution in [0.5, 0.6) is 0 Å². The summed E-state index contributed by atoms with van der Waals surface area (Å²) in [6, 6.07) is 6.58. The van der Waals surface area contributed by atoms with Crippen molar-refractivity contribution in [1.29, 1.82) is 0 Å². The van der Waals surface area contributed by atoms with Crippen LogP contribution in [0.1, 0.15) is 16.7 Å². The van der Waals surface area contributed by atoms with Crippen LogP contribution in [0.3, 0.4) is 0 Å². The van der Waals surface area contributed by atoms with Crippen molar-refractivity contribution in [3.05, 3.63) is 34.9 Å². The fourth-order valence-corrected chi connectivity index (χ4v) is 1.42. The van der Waals surface area contributed by atoms with E-state index in [9.17, 15) is 0 Å². The van der Waals surface area contributed by atoms with E-state index in [0.717, 1.165) is 13.0 Å². The van der Waals surface area contributed by atoms with Gasteiger partial charge in [-0.15, -0.1) is 0 Å². The fraction of sp³-hybridized carbons (Fsp3) is 0.300. The predicted molar refractivity (Wildman–Crippen MR) is 47.1 cm³/mol. The molecule has 0 aromatic heterocycles. The SMILES string of the molecule is Cc1ccc2c(c1)CC=NC2. The fourth-order valence-electron chi connectivity index (χ4n) is 1.42. The minimum Gasteiger partial charge on any atom is -0.292 e. The van der Waals surface area contributed by atoms with Gasteiger partial charge in [-0.3, -0.25) is 4.99 Å². The second-order valence-electron chi connectivity index (χ2n) is 3.00. The highest BCUT2D eigenvalue weighted by molar-refractivity contribution is 5.64. The molecule has 1 aromatic rings. The Morgan fingerprint density at radius 2 is 2.18 bits per heavy atom. The summed E-state index contributed by atoms with van der Waals surface area (Å²) in [6.45, 7) is 3.00. The molecule has 1 heterocycles. The summed E-state index contributed by atoms with van der Waals surface area (Å²) in [6.07, 6.45) is 3.01. The molecule has 0 spiro atoms. The van der Waals surface area contributed by atoms with Crippen LogP contribution in [0.25, 0.3) is 0 Å². The van der Waals surface area contributed by atoms with Crippen molar-refractivity contribution < 1.29 is 0 Å². The monoisotopic (exact) mass is 145 g/mol. The summed E-state index contributed by atoms with van der Waals surface area (Å²) in [5.41, 5.74) is 4.18. The third-order valence-corrected chi connectivity index (χ3v) is 2.06.